The molecule has 2 fully saturated rings. The number of rotatable bonds is 7. The summed E-state index contributed by atoms with van der Waals surface area (Å²) in [6.45, 7) is 4.33. The number of methoxy groups -OCH3 is 1. The number of fused-ring (bicyclic) bond motifs is 1. The van der Waals surface area contributed by atoms with Crippen LogP contribution in [0.15, 0.2) is 58.4 Å². The van der Waals surface area contributed by atoms with Crippen molar-refractivity contribution in [1.82, 2.24) is 14.3 Å². The van der Waals surface area contributed by atoms with Gasteiger partial charge in [-0.05, 0) is 55.4 Å². The molecule has 0 unspecified atom stereocenters. The van der Waals surface area contributed by atoms with Gasteiger partial charge in [0.1, 0.15) is 15.8 Å². The van der Waals surface area contributed by atoms with Gasteiger partial charge in [0.05, 0.1) is 23.6 Å². The van der Waals surface area contributed by atoms with E-state index < -0.39 is 0 Å². The summed E-state index contributed by atoms with van der Waals surface area (Å²) in [5.74, 6) is 1.02. The largest absolute Gasteiger partial charge is 0.383 e. The van der Waals surface area contributed by atoms with Gasteiger partial charge in [-0.15, -0.1) is 0 Å². The Hall–Kier alpha value is -3.01. The Morgan fingerprint density at radius 3 is 2.62 bits per heavy atom. The predicted octanol–water partition coefficient (Wildman–Crippen LogP) is 4.31. The monoisotopic (exact) mass is 534 g/mol. The highest BCUT2D eigenvalue weighted by Crippen LogP contribution is 2.34. The van der Waals surface area contributed by atoms with Gasteiger partial charge in [-0.1, -0.05) is 60.4 Å². The molecule has 2 aliphatic rings. The van der Waals surface area contributed by atoms with Crippen molar-refractivity contribution in [3.8, 4) is 0 Å². The van der Waals surface area contributed by atoms with E-state index in [1.54, 1.807) is 23.8 Å². The summed E-state index contributed by atoms with van der Waals surface area (Å²) < 4.78 is 7.17. The summed E-state index contributed by atoms with van der Waals surface area (Å²) in [5, 5.41) is 0. The number of pyridine rings is 1. The maximum absolute atomic E-state index is 13.7. The van der Waals surface area contributed by atoms with E-state index in [9.17, 15) is 9.59 Å². The number of aryl methyl sites for hydroxylation is 1. The Balaban J connectivity index is 1.47. The van der Waals surface area contributed by atoms with Gasteiger partial charge in [0.15, 0.2) is 0 Å². The fourth-order valence-electron chi connectivity index (χ4n) is 4.92. The quantitative estimate of drug-likeness (QED) is 0.331. The Morgan fingerprint density at radius 2 is 1.89 bits per heavy atom. The number of thiocarbonyl (C=S) groups is 1. The van der Waals surface area contributed by atoms with E-state index in [2.05, 4.69) is 29.2 Å². The Morgan fingerprint density at radius 1 is 1.14 bits per heavy atom. The number of anilines is 1. The van der Waals surface area contributed by atoms with Crippen LogP contribution >= 0.6 is 24.0 Å². The molecule has 0 bridgehead atoms. The molecule has 2 saturated heterocycles. The van der Waals surface area contributed by atoms with E-state index in [1.807, 2.05) is 25.1 Å². The molecule has 0 N–H and O–H groups in total. The van der Waals surface area contributed by atoms with Crippen LogP contribution in [0.5, 0.6) is 0 Å². The number of carbonyl (C=O) groups is 1. The molecule has 7 nitrogen and oxygen atoms in total. The first kappa shape index (κ1) is 25.6. The van der Waals surface area contributed by atoms with Gasteiger partial charge in [0, 0.05) is 26.4 Å². The third-order valence-corrected chi connectivity index (χ3v) is 8.31. The van der Waals surface area contributed by atoms with Gasteiger partial charge >= 0.3 is 0 Å². The van der Waals surface area contributed by atoms with Crippen molar-refractivity contribution in [2.45, 2.75) is 26.2 Å². The standard InChI is InChI=1S/C28H30N4O3S2/c1-19-8-9-24-29-25(30-12-10-21(11-13-30)16-20-6-4-3-5-7-20)22(26(33)32(24)18-19)17-23-27(34)31(14-15-35-2)28(36)37-23/h3-9,17-18,21H,10-16H2,1-2H3/b23-17+. The van der Waals surface area contributed by atoms with E-state index in [-0.39, 0.29) is 11.5 Å². The number of benzene rings is 1. The number of hydrogen-bond acceptors (Lipinski definition) is 7. The normalized spacial score (nSPS) is 17.9. The topological polar surface area (TPSA) is 67.2 Å². The molecular weight excluding hydrogens is 504 g/mol. The lowest BCUT2D eigenvalue weighted by Gasteiger charge is -2.33. The van der Waals surface area contributed by atoms with Crippen molar-refractivity contribution in [2.75, 3.05) is 38.3 Å². The van der Waals surface area contributed by atoms with Crippen molar-refractivity contribution >= 4 is 51.7 Å². The number of nitrogens with zero attached hydrogens (tertiary/aromatic N) is 4. The molecule has 5 rings (SSSR count). The molecule has 2 aromatic heterocycles. The molecule has 37 heavy (non-hydrogen) atoms. The van der Waals surface area contributed by atoms with Crippen molar-refractivity contribution in [1.29, 1.82) is 0 Å². The van der Waals surface area contributed by atoms with Crippen LogP contribution in [0.4, 0.5) is 5.82 Å². The molecule has 2 aliphatic heterocycles. The minimum absolute atomic E-state index is 0.183. The summed E-state index contributed by atoms with van der Waals surface area (Å²) in [4.78, 5) is 35.9. The molecule has 1 amide bonds. The smallest absolute Gasteiger partial charge is 0.267 e. The highest BCUT2D eigenvalue weighted by Gasteiger charge is 2.33. The number of piperidine rings is 1. The number of ether oxygens (including phenoxy) is 1. The van der Waals surface area contributed by atoms with Gasteiger partial charge in [-0.2, -0.15) is 0 Å². The SMILES string of the molecule is COCCN1C(=O)/C(=C\c2c(N3CCC(Cc4ccccc4)CC3)nc3ccc(C)cn3c2=O)SC1=S. The summed E-state index contributed by atoms with van der Waals surface area (Å²) >= 11 is 6.66. The highest BCUT2D eigenvalue weighted by atomic mass is 32.2. The van der Waals surface area contributed by atoms with E-state index in [0.29, 0.717) is 45.3 Å². The number of amides is 1. The van der Waals surface area contributed by atoms with Crippen LogP contribution in [-0.4, -0.2) is 57.9 Å². The molecule has 9 heteroatoms. The number of thioether (sulfide) groups is 1. The third-order valence-electron chi connectivity index (χ3n) is 6.93. The molecule has 0 spiro atoms. The first-order valence-corrected chi connectivity index (χ1v) is 13.7. The van der Waals surface area contributed by atoms with Crippen LogP contribution in [0.25, 0.3) is 11.7 Å². The van der Waals surface area contributed by atoms with Gasteiger partial charge in [0.25, 0.3) is 11.5 Å². The zero-order valence-electron chi connectivity index (χ0n) is 21.1. The third kappa shape index (κ3) is 5.49. The zero-order valence-corrected chi connectivity index (χ0v) is 22.7. The van der Waals surface area contributed by atoms with Crippen molar-refractivity contribution in [3.63, 3.8) is 0 Å². The van der Waals surface area contributed by atoms with Crippen LogP contribution in [0.1, 0.15) is 29.5 Å². The lowest BCUT2D eigenvalue weighted by Crippen LogP contribution is -2.37. The molecule has 1 aromatic carbocycles. The number of aromatic nitrogens is 2. The molecule has 4 heterocycles. The highest BCUT2D eigenvalue weighted by molar-refractivity contribution is 8.26. The van der Waals surface area contributed by atoms with Crippen molar-refractivity contribution in [3.05, 3.63) is 80.6 Å². The second-order valence-corrected chi connectivity index (χ2v) is 11.2. The summed E-state index contributed by atoms with van der Waals surface area (Å²) in [5.41, 5.74) is 3.16. The minimum Gasteiger partial charge on any atom is -0.383 e. The summed E-state index contributed by atoms with van der Waals surface area (Å²) in [6, 6.07) is 14.4. The Labute approximate surface area is 226 Å². The molecule has 0 radical (unpaired) electrons. The molecule has 0 atom stereocenters. The Kier molecular flexibility index (Phi) is 7.73. The van der Waals surface area contributed by atoms with Crippen LogP contribution in [0.2, 0.25) is 0 Å². The number of carbonyl (C=O) groups excluding carboxylic acids is 1. The summed E-state index contributed by atoms with van der Waals surface area (Å²) in [6.07, 6.45) is 6.56. The summed E-state index contributed by atoms with van der Waals surface area (Å²) in [7, 11) is 1.59. The lowest BCUT2D eigenvalue weighted by atomic mass is 9.90. The fourth-order valence-corrected chi connectivity index (χ4v) is 6.21. The predicted molar refractivity (Wildman–Crippen MR) is 153 cm³/mol. The second-order valence-electron chi connectivity index (χ2n) is 9.54. The first-order valence-electron chi connectivity index (χ1n) is 12.5. The minimum atomic E-state index is -0.201. The van der Waals surface area contributed by atoms with E-state index in [4.69, 9.17) is 21.9 Å². The van der Waals surface area contributed by atoms with Gasteiger partial charge in [-0.3, -0.25) is 18.9 Å². The second kappa shape index (κ2) is 11.2. The van der Waals surface area contributed by atoms with E-state index in [1.165, 1.54) is 22.2 Å². The zero-order chi connectivity index (χ0) is 25.9. The fraction of sp³-hybridized carbons (Fsp3) is 0.357. The molecule has 3 aromatic rings. The van der Waals surface area contributed by atoms with Crippen LogP contribution in [-0.2, 0) is 16.0 Å². The first-order chi connectivity index (χ1) is 17.9. The van der Waals surface area contributed by atoms with Crippen LogP contribution in [0.3, 0.4) is 0 Å². The van der Waals surface area contributed by atoms with Crippen LogP contribution in [0, 0.1) is 12.8 Å². The average Bonchev–Trinajstić information content (AvgIpc) is 3.17. The maximum Gasteiger partial charge on any atom is 0.267 e. The maximum atomic E-state index is 13.7. The molecule has 192 valence electrons. The molecular formula is C28H30N4O3S2. The van der Waals surface area contributed by atoms with E-state index >= 15 is 0 Å². The van der Waals surface area contributed by atoms with Gasteiger partial charge < -0.3 is 9.64 Å². The number of hydrogen-bond donors (Lipinski definition) is 0. The van der Waals surface area contributed by atoms with Gasteiger partial charge in [-0.25, -0.2) is 4.98 Å². The van der Waals surface area contributed by atoms with Crippen molar-refractivity contribution < 1.29 is 9.53 Å². The van der Waals surface area contributed by atoms with Crippen molar-refractivity contribution in [2.24, 2.45) is 5.92 Å². The molecule has 0 saturated carbocycles. The Bertz CT molecular complexity index is 1410. The van der Waals surface area contributed by atoms with Crippen LogP contribution < -0.4 is 10.5 Å². The molecule has 0 aliphatic carbocycles. The average molecular weight is 535 g/mol. The lowest BCUT2D eigenvalue weighted by molar-refractivity contribution is -0.122. The van der Waals surface area contributed by atoms with Gasteiger partial charge in [0.2, 0.25) is 0 Å². The van der Waals surface area contributed by atoms with E-state index in [0.717, 1.165) is 37.9 Å².